The summed E-state index contributed by atoms with van der Waals surface area (Å²) in [7, 11) is 1.60. The molecule has 0 spiro atoms. The summed E-state index contributed by atoms with van der Waals surface area (Å²) in [5.41, 5.74) is 2.25. The molecule has 0 bridgehead atoms. The monoisotopic (exact) mass is 382 g/mol. The van der Waals surface area contributed by atoms with Crippen molar-refractivity contribution in [3.05, 3.63) is 71.0 Å². The van der Waals surface area contributed by atoms with E-state index in [0.29, 0.717) is 37.5 Å². The van der Waals surface area contributed by atoms with Crippen LogP contribution in [0, 0.1) is 12.7 Å². The number of ether oxygens (including phenoxy) is 1. The van der Waals surface area contributed by atoms with Crippen LogP contribution in [0.25, 0.3) is 6.08 Å². The van der Waals surface area contributed by atoms with Crippen LogP contribution < -0.4 is 4.74 Å². The molecule has 0 unspecified atom stereocenters. The molecule has 146 valence electrons. The zero-order valence-corrected chi connectivity index (χ0v) is 16.0. The van der Waals surface area contributed by atoms with Crippen LogP contribution in [0.5, 0.6) is 5.75 Å². The van der Waals surface area contributed by atoms with E-state index in [1.807, 2.05) is 25.1 Å². The number of carbonyl (C=O) groups is 2. The molecule has 2 aromatic carbocycles. The number of rotatable bonds is 4. The number of hydrogen-bond acceptors (Lipinski definition) is 3. The molecule has 28 heavy (non-hydrogen) atoms. The number of carbonyl (C=O) groups excluding carboxylic acids is 2. The minimum absolute atomic E-state index is 0.110. The maximum absolute atomic E-state index is 13.3. The van der Waals surface area contributed by atoms with Crippen molar-refractivity contribution < 1.29 is 18.7 Å². The molecule has 2 amide bonds. The Morgan fingerprint density at radius 3 is 2.43 bits per heavy atom. The van der Waals surface area contributed by atoms with E-state index in [1.54, 1.807) is 29.1 Å². The number of halogens is 1. The first kappa shape index (κ1) is 19.6. The molecule has 0 saturated carbocycles. The van der Waals surface area contributed by atoms with Gasteiger partial charge in [0.1, 0.15) is 11.6 Å². The van der Waals surface area contributed by atoms with Gasteiger partial charge in [-0.1, -0.05) is 17.7 Å². The van der Waals surface area contributed by atoms with Crippen molar-refractivity contribution in [2.45, 2.75) is 6.92 Å². The van der Waals surface area contributed by atoms with Gasteiger partial charge in [0.05, 0.1) is 7.11 Å². The van der Waals surface area contributed by atoms with E-state index in [0.717, 1.165) is 11.1 Å². The molecule has 2 aromatic rings. The molecule has 0 aliphatic carbocycles. The van der Waals surface area contributed by atoms with Crippen molar-refractivity contribution in [1.29, 1.82) is 0 Å². The van der Waals surface area contributed by atoms with Gasteiger partial charge in [-0.3, -0.25) is 9.59 Å². The summed E-state index contributed by atoms with van der Waals surface area (Å²) in [6.07, 6.45) is 3.28. The summed E-state index contributed by atoms with van der Waals surface area (Å²) >= 11 is 0. The van der Waals surface area contributed by atoms with Gasteiger partial charge in [-0.15, -0.1) is 0 Å². The number of aryl methyl sites for hydroxylation is 1. The first-order valence-electron chi connectivity index (χ1n) is 9.14. The van der Waals surface area contributed by atoms with Crippen LogP contribution >= 0.6 is 0 Å². The fraction of sp³-hybridized carbons (Fsp3) is 0.273. The lowest BCUT2D eigenvalue weighted by Gasteiger charge is -2.34. The molecular weight excluding hydrogens is 359 g/mol. The maximum Gasteiger partial charge on any atom is 0.254 e. The van der Waals surface area contributed by atoms with Gasteiger partial charge >= 0.3 is 0 Å². The molecule has 1 aliphatic heterocycles. The molecule has 0 atom stereocenters. The minimum atomic E-state index is -0.434. The normalized spacial score (nSPS) is 14.4. The molecule has 0 radical (unpaired) electrons. The Morgan fingerprint density at radius 2 is 1.75 bits per heavy atom. The van der Waals surface area contributed by atoms with Gasteiger partial charge in [0.15, 0.2) is 0 Å². The van der Waals surface area contributed by atoms with E-state index in [9.17, 15) is 14.0 Å². The quantitative estimate of drug-likeness (QED) is 0.764. The SMILES string of the molecule is COc1ccc(C)cc1/C=C/C(=O)N1CCN(C(=O)c2cccc(F)c2)CC1. The molecule has 0 N–H and O–H groups in total. The summed E-state index contributed by atoms with van der Waals surface area (Å²) < 4.78 is 18.6. The second kappa shape index (κ2) is 8.69. The highest BCUT2D eigenvalue weighted by molar-refractivity contribution is 5.95. The van der Waals surface area contributed by atoms with E-state index < -0.39 is 5.82 Å². The zero-order valence-electron chi connectivity index (χ0n) is 16.0. The third-order valence-corrected chi connectivity index (χ3v) is 4.74. The third kappa shape index (κ3) is 4.57. The Bertz CT molecular complexity index is 902. The van der Waals surface area contributed by atoms with Crippen molar-refractivity contribution >= 4 is 17.9 Å². The number of amides is 2. The maximum atomic E-state index is 13.3. The number of benzene rings is 2. The summed E-state index contributed by atoms with van der Waals surface area (Å²) in [5, 5.41) is 0. The van der Waals surface area contributed by atoms with Gasteiger partial charge in [-0.25, -0.2) is 4.39 Å². The van der Waals surface area contributed by atoms with E-state index in [2.05, 4.69) is 0 Å². The molecular formula is C22H23FN2O3. The predicted molar refractivity (Wildman–Crippen MR) is 106 cm³/mol. The predicted octanol–water partition coefficient (Wildman–Crippen LogP) is 3.14. The molecule has 0 aromatic heterocycles. The number of nitrogens with zero attached hydrogens (tertiary/aromatic N) is 2. The lowest BCUT2D eigenvalue weighted by Crippen LogP contribution is -2.50. The largest absolute Gasteiger partial charge is 0.496 e. The van der Waals surface area contributed by atoms with Gasteiger partial charge in [0.2, 0.25) is 5.91 Å². The van der Waals surface area contributed by atoms with E-state index in [4.69, 9.17) is 4.74 Å². The van der Waals surface area contributed by atoms with Gasteiger partial charge in [-0.2, -0.15) is 0 Å². The van der Waals surface area contributed by atoms with E-state index in [-0.39, 0.29) is 11.8 Å². The Morgan fingerprint density at radius 1 is 1.04 bits per heavy atom. The van der Waals surface area contributed by atoms with E-state index in [1.165, 1.54) is 24.3 Å². The topological polar surface area (TPSA) is 49.9 Å². The van der Waals surface area contributed by atoms with Crippen LogP contribution in [-0.2, 0) is 4.79 Å². The van der Waals surface area contributed by atoms with Crippen molar-refractivity contribution in [3.63, 3.8) is 0 Å². The first-order chi connectivity index (χ1) is 13.5. The minimum Gasteiger partial charge on any atom is -0.496 e. The molecule has 1 saturated heterocycles. The van der Waals surface area contributed by atoms with Crippen molar-refractivity contribution in [3.8, 4) is 5.75 Å². The van der Waals surface area contributed by atoms with Crippen LogP contribution in [0.2, 0.25) is 0 Å². The highest BCUT2D eigenvalue weighted by Crippen LogP contribution is 2.21. The second-order valence-electron chi connectivity index (χ2n) is 6.71. The van der Waals surface area contributed by atoms with Crippen molar-refractivity contribution in [1.82, 2.24) is 9.80 Å². The van der Waals surface area contributed by atoms with Crippen molar-refractivity contribution in [2.75, 3.05) is 33.3 Å². The fourth-order valence-electron chi connectivity index (χ4n) is 3.18. The van der Waals surface area contributed by atoms with Gasteiger partial charge in [0, 0.05) is 43.4 Å². The van der Waals surface area contributed by atoms with Gasteiger partial charge in [0.25, 0.3) is 5.91 Å². The fourth-order valence-corrected chi connectivity index (χ4v) is 3.18. The summed E-state index contributed by atoms with van der Waals surface area (Å²) in [6.45, 7) is 3.70. The first-order valence-corrected chi connectivity index (χ1v) is 9.14. The molecule has 3 rings (SSSR count). The Labute approximate surface area is 164 Å². The molecule has 1 aliphatic rings. The van der Waals surface area contributed by atoms with Gasteiger partial charge < -0.3 is 14.5 Å². The summed E-state index contributed by atoms with van der Waals surface area (Å²) in [4.78, 5) is 28.3. The van der Waals surface area contributed by atoms with Crippen LogP contribution in [0.3, 0.4) is 0 Å². The van der Waals surface area contributed by atoms with Crippen LogP contribution in [0.15, 0.2) is 48.5 Å². The lowest BCUT2D eigenvalue weighted by atomic mass is 10.1. The third-order valence-electron chi connectivity index (χ3n) is 4.74. The number of methoxy groups -OCH3 is 1. The van der Waals surface area contributed by atoms with E-state index >= 15 is 0 Å². The second-order valence-corrected chi connectivity index (χ2v) is 6.71. The highest BCUT2D eigenvalue weighted by Gasteiger charge is 2.24. The Balaban J connectivity index is 1.59. The number of piperazine rings is 1. The number of hydrogen-bond donors (Lipinski definition) is 0. The average molecular weight is 382 g/mol. The standard InChI is InChI=1S/C22H23FN2O3/c1-16-6-8-20(28-2)17(14-16)7-9-21(26)24-10-12-25(13-11-24)22(27)18-4-3-5-19(23)15-18/h3-9,14-15H,10-13H2,1-2H3/b9-7+. The Hall–Kier alpha value is -3.15. The van der Waals surface area contributed by atoms with Gasteiger partial charge in [-0.05, 0) is 43.3 Å². The zero-order chi connectivity index (χ0) is 20.1. The summed E-state index contributed by atoms with van der Waals surface area (Å²) in [5.74, 6) is -0.0513. The van der Waals surface area contributed by atoms with Crippen LogP contribution in [0.4, 0.5) is 4.39 Å². The molecule has 5 nitrogen and oxygen atoms in total. The Kier molecular flexibility index (Phi) is 6.09. The summed E-state index contributed by atoms with van der Waals surface area (Å²) in [6, 6.07) is 11.4. The molecule has 1 fully saturated rings. The molecule has 1 heterocycles. The van der Waals surface area contributed by atoms with Crippen LogP contribution in [0.1, 0.15) is 21.5 Å². The smallest absolute Gasteiger partial charge is 0.254 e. The average Bonchev–Trinajstić information content (AvgIpc) is 2.71. The van der Waals surface area contributed by atoms with Crippen molar-refractivity contribution in [2.24, 2.45) is 0 Å². The van der Waals surface area contributed by atoms with Crippen LogP contribution in [-0.4, -0.2) is 54.9 Å². The lowest BCUT2D eigenvalue weighted by molar-refractivity contribution is -0.127. The highest BCUT2D eigenvalue weighted by atomic mass is 19.1. The molecule has 6 heteroatoms.